The number of imidazole rings is 1. The lowest BCUT2D eigenvalue weighted by Crippen LogP contribution is -2.02. The van der Waals surface area contributed by atoms with Crippen molar-refractivity contribution in [3.05, 3.63) is 103 Å². The van der Waals surface area contributed by atoms with E-state index in [4.69, 9.17) is 14.4 Å². The van der Waals surface area contributed by atoms with Crippen LogP contribution in [-0.2, 0) is 9.84 Å². The lowest BCUT2D eigenvalue weighted by atomic mass is 10.0. The van der Waals surface area contributed by atoms with Crippen molar-refractivity contribution >= 4 is 48.7 Å². The zero-order valence-electron chi connectivity index (χ0n) is 18.3. The summed E-state index contributed by atoms with van der Waals surface area (Å²) in [6.45, 7) is 0. The van der Waals surface area contributed by atoms with E-state index in [-0.39, 0.29) is 15.4 Å². The summed E-state index contributed by atoms with van der Waals surface area (Å²) in [5.41, 5.74) is 4.00. The van der Waals surface area contributed by atoms with Gasteiger partial charge >= 0.3 is 5.84 Å². The van der Waals surface area contributed by atoms with Gasteiger partial charge in [0.05, 0.1) is 16.1 Å². The number of aromatic nitrogens is 3. The van der Waals surface area contributed by atoms with E-state index in [0.717, 1.165) is 22.0 Å². The molecule has 7 heteroatoms. The maximum atomic E-state index is 13.4. The lowest BCUT2D eigenvalue weighted by molar-refractivity contribution is 0.591. The van der Waals surface area contributed by atoms with Crippen LogP contribution in [-0.4, -0.2) is 22.8 Å². The van der Waals surface area contributed by atoms with E-state index < -0.39 is 9.84 Å². The first kappa shape index (κ1) is 19.9. The van der Waals surface area contributed by atoms with Gasteiger partial charge in [0.25, 0.3) is 0 Å². The normalized spacial score (nSPS) is 12.2. The maximum Gasteiger partial charge on any atom is 0.309 e. The first-order valence-corrected chi connectivity index (χ1v) is 12.6. The Labute approximate surface area is 200 Å². The third kappa shape index (κ3) is 2.85. The Morgan fingerprint density at radius 2 is 1.37 bits per heavy atom. The van der Waals surface area contributed by atoms with Crippen molar-refractivity contribution in [1.82, 2.24) is 14.4 Å². The van der Waals surface area contributed by atoms with Gasteiger partial charge in [0.2, 0.25) is 9.84 Å². The molecule has 35 heavy (non-hydrogen) atoms. The van der Waals surface area contributed by atoms with Crippen molar-refractivity contribution in [1.29, 1.82) is 0 Å². The maximum absolute atomic E-state index is 13.4. The van der Waals surface area contributed by atoms with Crippen molar-refractivity contribution in [2.24, 2.45) is 0 Å². The molecule has 168 valence electrons. The number of benzene rings is 4. The molecule has 0 saturated carbocycles. The highest BCUT2D eigenvalue weighted by atomic mass is 32.2. The van der Waals surface area contributed by atoms with Crippen LogP contribution < -0.4 is 0 Å². The molecule has 0 N–H and O–H groups in total. The van der Waals surface area contributed by atoms with E-state index in [1.807, 2.05) is 60.7 Å². The standard InChI is InChI=1S/C28H17N3O3S/c32-35(33,19-12-5-2-6-13-19)23-17-9-16-22-26(23)34-28-30-25-21-15-8-7-14-20(21)24(29-27(25)31(22)28)18-10-3-1-4-11-18/h1-17H. The zero-order valence-corrected chi connectivity index (χ0v) is 19.1. The summed E-state index contributed by atoms with van der Waals surface area (Å²) in [5, 5.41) is 1.94. The molecule has 0 aliphatic heterocycles. The minimum atomic E-state index is -3.79. The average molecular weight is 476 g/mol. The van der Waals surface area contributed by atoms with Crippen molar-refractivity contribution in [2.75, 3.05) is 0 Å². The molecule has 0 radical (unpaired) electrons. The van der Waals surface area contributed by atoms with Crippen LogP contribution in [0.3, 0.4) is 0 Å². The summed E-state index contributed by atoms with van der Waals surface area (Å²) in [6, 6.07) is 31.5. The van der Waals surface area contributed by atoms with Gasteiger partial charge < -0.3 is 4.42 Å². The number of hydrogen-bond donors (Lipinski definition) is 0. The second-order valence-electron chi connectivity index (χ2n) is 8.30. The van der Waals surface area contributed by atoms with Crippen LogP contribution >= 0.6 is 0 Å². The Morgan fingerprint density at radius 1 is 0.686 bits per heavy atom. The van der Waals surface area contributed by atoms with Gasteiger partial charge in [-0.05, 0) is 24.3 Å². The van der Waals surface area contributed by atoms with Crippen molar-refractivity contribution < 1.29 is 12.8 Å². The van der Waals surface area contributed by atoms with Gasteiger partial charge in [-0.3, -0.25) is 0 Å². The number of sulfone groups is 1. The highest BCUT2D eigenvalue weighted by molar-refractivity contribution is 7.91. The molecule has 4 aromatic carbocycles. The second-order valence-corrected chi connectivity index (χ2v) is 10.2. The summed E-state index contributed by atoms with van der Waals surface area (Å²) in [7, 11) is -3.79. The highest BCUT2D eigenvalue weighted by Crippen LogP contribution is 2.36. The minimum Gasteiger partial charge on any atom is -0.422 e. The van der Waals surface area contributed by atoms with Crippen molar-refractivity contribution in [2.45, 2.75) is 9.79 Å². The van der Waals surface area contributed by atoms with Crippen LogP contribution in [0.5, 0.6) is 0 Å². The topological polar surface area (TPSA) is 77.5 Å². The van der Waals surface area contributed by atoms with Crippen molar-refractivity contribution in [3.8, 4) is 11.3 Å². The summed E-state index contributed by atoms with van der Waals surface area (Å²) in [5.74, 6) is 0.300. The first-order chi connectivity index (χ1) is 17.1. The molecule has 0 fully saturated rings. The number of hydrogen-bond acceptors (Lipinski definition) is 5. The molecule has 3 heterocycles. The van der Waals surface area contributed by atoms with Gasteiger partial charge in [0.1, 0.15) is 10.4 Å². The van der Waals surface area contributed by atoms with Crippen LogP contribution in [0.25, 0.3) is 50.1 Å². The van der Waals surface area contributed by atoms with Crippen LogP contribution in [0.2, 0.25) is 0 Å². The highest BCUT2D eigenvalue weighted by Gasteiger charge is 2.26. The third-order valence-corrected chi connectivity index (χ3v) is 8.05. The van der Waals surface area contributed by atoms with Crippen LogP contribution in [0, 0.1) is 0 Å². The fourth-order valence-electron chi connectivity index (χ4n) is 4.65. The van der Waals surface area contributed by atoms with E-state index in [2.05, 4.69) is 0 Å². The van der Waals surface area contributed by atoms with Gasteiger partial charge in [-0.15, -0.1) is 0 Å². The molecule has 0 atom stereocenters. The summed E-state index contributed by atoms with van der Waals surface area (Å²) < 4.78 is 34.7. The van der Waals surface area contributed by atoms with Gasteiger partial charge in [-0.25, -0.2) is 17.8 Å². The fraction of sp³-hybridized carbons (Fsp3) is 0. The van der Waals surface area contributed by atoms with Crippen LogP contribution in [0.15, 0.2) is 117 Å². The van der Waals surface area contributed by atoms with E-state index in [1.54, 1.807) is 46.9 Å². The van der Waals surface area contributed by atoms with Gasteiger partial charge in [-0.2, -0.15) is 4.98 Å². The molecular weight excluding hydrogens is 458 g/mol. The summed E-state index contributed by atoms with van der Waals surface area (Å²) in [4.78, 5) is 10.1. The second kappa shape index (κ2) is 7.25. The number of para-hydroxylation sites is 1. The van der Waals surface area contributed by atoms with E-state index in [0.29, 0.717) is 22.5 Å². The SMILES string of the molecule is O=S(=O)(c1ccccc1)c1cccc2c1oc1nc3c4ccccc4c(-c4ccccc4)nc3n12. The smallest absolute Gasteiger partial charge is 0.309 e. The Morgan fingerprint density at radius 3 is 2.14 bits per heavy atom. The van der Waals surface area contributed by atoms with Gasteiger partial charge in [0, 0.05) is 16.3 Å². The number of pyridine rings is 1. The van der Waals surface area contributed by atoms with Gasteiger partial charge in [0.15, 0.2) is 11.2 Å². The minimum absolute atomic E-state index is 0.101. The number of rotatable bonds is 3. The third-order valence-electron chi connectivity index (χ3n) is 6.26. The average Bonchev–Trinajstić information content (AvgIpc) is 3.45. The quantitative estimate of drug-likeness (QED) is 0.300. The summed E-state index contributed by atoms with van der Waals surface area (Å²) in [6.07, 6.45) is 0. The Kier molecular flexibility index (Phi) is 4.13. The van der Waals surface area contributed by atoms with Gasteiger partial charge in [-0.1, -0.05) is 78.9 Å². The first-order valence-electron chi connectivity index (χ1n) is 11.1. The molecule has 7 rings (SSSR count). The van der Waals surface area contributed by atoms with E-state index >= 15 is 0 Å². The van der Waals surface area contributed by atoms with E-state index in [9.17, 15) is 8.42 Å². The largest absolute Gasteiger partial charge is 0.422 e. The Bertz CT molecular complexity index is 2010. The predicted octanol–water partition coefficient (Wildman–Crippen LogP) is 6.28. The van der Waals surface area contributed by atoms with Crippen molar-refractivity contribution in [3.63, 3.8) is 0 Å². The Balaban J connectivity index is 1.58. The molecule has 0 unspecified atom stereocenters. The molecule has 0 aliphatic rings. The number of nitrogens with zero attached hydrogens (tertiary/aromatic N) is 3. The molecule has 0 saturated heterocycles. The molecule has 3 aromatic heterocycles. The zero-order chi connectivity index (χ0) is 23.6. The molecule has 0 spiro atoms. The monoisotopic (exact) mass is 475 g/mol. The Hall–Kier alpha value is -4.49. The van der Waals surface area contributed by atoms with E-state index in [1.165, 1.54) is 0 Å². The van der Waals surface area contributed by atoms with Crippen LogP contribution in [0.4, 0.5) is 0 Å². The molecule has 7 aromatic rings. The molecular formula is C28H17N3O3S. The molecule has 0 amide bonds. The van der Waals surface area contributed by atoms with Crippen LogP contribution in [0.1, 0.15) is 0 Å². The molecule has 0 bridgehead atoms. The summed E-state index contributed by atoms with van der Waals surface area (Å²) >= 11 is 0. The molecule has 6 nitrogen and oxygen atoms in total. The lowest BCUT2D eigenvalue weighted by Gasteiger charge is -2.07. The number of fused-ring (bicyclic) bond motifs is 7. The molecule has 0 aliphatic carbocycles. The predicted molar refractivity (Wildman–Crippen MR) is 135 cm³/mol. The number of oxazole rings is 1. The fourth-order valence-corrected chi connectivity index (χ4v) is 6.07.